The van der Waals surface area contributed by atoms with Crippen molar-refractivity contribution in [3.8, 4) is 0 Å². The molecule has 20 heavy (non-hydrogen) atoms. The summed E-state index contributed by atoms with van der Waals surface area (Å²) < 4.78 is 7.26. The second-order valence-corrected chi connectivity index (χ2v) is 5.24. The SMILES string of the molecule is O=C(O)CSc1nc2cccnc2n1N1CCOCC1. The molecule has 0 saturated carbocycles. The number of carbonyl (C=O) groups is 1. The lowest BCUT2D eigenvalue weighted by Crippen LogP contribution is -2.44. The van der Waals surface area contributed by atoms with Gasteiger partial charge in [0.2, 0.25) is 0 Å². The van der Waals surface area contributed by atoms with Crippen molar-refractivity contribution in [3.63, 3.8) is 0 Å². The summed E-state index contributed by atoms with van der Waals surface area (Å²) in [6, 6.07) is 3.70. The average molecular weight is 294 g/mol. The molecule has 1 N–H and O–H groups in total. The molecule has 0 spiro atoms. The highest BCUT2D eigenvalue weighted by Gasteiger charge is 2.20. The molecule has 2 aromatic heterocycles. The molecule has 0 amide bonds. The zero-order valence-corrected chi connectivity index (χ0v) is 11.5. The fraction of sp³-hybridized carbons (Fsp3) is 0.417. The number of carboxylic acids is 1. The van der Waals surface area contributed by atoms with Gasteiger partial charge in [0, 0.05) is 6.20 Å². The van der Waals surface area contributed by atoms with Crippen molar-refractivity contribution in [1.29, 1.82) is 0 Å². The normalized spacial score (nSPS) is 15.7. The van der Waals surface area contributed by atoms with E-state index in [9.17, 15) is 4.79 Å². The van der Waals surface area contributed by atoms with E-state index in [-0.39, 0.29) is 5.75 Å². The molecular formula is C12H14N4O3S. The smallest absolute Gasteiger partial charge is 0.313 e. The van der Waals surface area contributed by atoms with Crippen LogP contribution in [-0.4, -0.2) is 57.8 Å². The molecule has 8 heteroatoms. The first-order chi connectivity index (χ1) is 9.75. The number of imidazole rings is 1. The Hall–Kier alpha value is -1.80. The Morgan fingerprint density at radius 1 is 1.45 bits per heavy atom. The van der Waals surface area contributed by atoms with E-state index in [0.29, 0.717) is 18.4 Å². The van der Waals surface area contributed by atoms with E-state index in [2.05, 4.69) is 15.0 Å². The van der Waals surface area contributed by atoms with Gasteiger partial charge < -0.3 is 14.9 Å². The molecule has 0 bridgehead atoms. The molecular weight excluding hydrogens is 280 g/mol. The second kappa shape index (κ2) is 5.68. The van der Waals surface area contributed by atoms with Gasteiger partial charge in [-0.1, -0.05) is 11.8 Å². The van der Waals surface area contributed by atoms with E-state index >= 15 is 0 Å². The number of nitrogens with zero attached hydrogens (tertiary/aromatic N) is 4. The number of aromatic nitrogens is 3. The van der Waals surface area contributed by atoms with Crippen LogP contribution in [0.4, 0.5) is 0 Å². The van der Waals surface area contributed by atoms with Crippen LogP contribution >= 0.6 is 11.8 Å². The zero-order chi connectivity index (χ0) is 13.9. The maximum atomic E-state index is 10.8. The first-order valence-electron chi connectivity index (χ1n) is 6.27. The van der Waals surface area contributed by atoms with Crippen LogP contribution in [0, 0.1) is 0 Å². The number of aliphatic carboxylic acids is 1. The lowest BCUT2D eigenvalue weighted by atomic mass is 10.4. The van der Waals surface area contributed by atoms with Gasteiger partial charge in [0.25, 0.3) is 0 Å². The van der Waals surface area contributed by atoms with Crippen molar-refractivity contribution < 1.29 is 14.6 Å². The van der Waals surface area contributed by atoms with Crippen LogP contribution in [-0.2, 0) is 9.53 Å². The number of hydrogen-bond acceptors (Lipinski definition) is 6. The van der Waals surface area contributed by atoms with Gasteiger partial charge >= 0.3 is 5.97 Å². The highest BCUT2D eigenvalue weighted by molar-refractivity contribution is 7.99. The van der Waals surface area contributed by atoms with Crippen LogP contribution in [0.1, 0.15) is 0 Å². The molecule has 0 radical (unpaired) electrons. The van der Waals surface area contributed by atoms with Crippen LogP contribution in [0.5, 0.6) is 0 Å². The van der Waals surface area contributed by atoms with Crippen LogP contribution in [0.3, 0.4) is 0 Å². The molecule has 3 heterocycles. The quantitative estimate of drug-likeness (QED) is 0.826. The highest BCUT2D eigenvalue weighted by Crippen LogP contribution is 2.23. The monoisotopic (exact) mass is 294 g/mol. The van der Waals surface area contributed by atoms with E-state index in [1.165, 1.54) is 11.8 Å². The summed E-state index contributed by atoms with van der Waals surface area (Å²) in [5.41, 5.74) is 1.52. The Bertz CT molecular complexity index is 624. The minimum Gasteiger partial charge on any atom is -0.481 e. The van der Waals surface area contributed by atoms with Gasteiger partial charge in [-0.25, -0.2) is 14.6 Å². The predicted octanol–water partition coefficient (Wildman–Crippen LogP) is 0.576. The number of fused-ring (bicyclic) bond motifs is 1. The third-order valence-corrected chi connectivity index (χ3v) is 3.87. The molecule has 0 atom stereocenters. The van der Waals surface area contributed by atoms with Crippen LogP contribution < -0.4 is 5.01 Å². The molecule has 1 fully saturated rings. The molecule has 0 unspecified atom stereocenters. The number of pyridine rings is 1. The van der Waals surface area contributed by atoms with Gasteiger partial charge in [-0.2, -0.15) is 0 Å². The van der Waals surface area contributed by atoms with Crippen LogP contribution in [0.2, 0.25) is 0 Å². The summed E-state index contributed by atoms with van der Waals surface area (Å²) in [6.07, 6.45) is 1.71. The molecule has 7 nitrogen and oxygen atoms in total. The number of ether oxygens (including phenoxy) is 1. The lowest BCUT2D eigenvalue weighted by molar-refractivity contribution is -0.133. The van der Waals surface area contributed by atoms with E-state index in [4.69, 9.17) is 9.84 Å². The van der Waals surface area contributed by atoms with Gasteiger partial charge in [-0.05, 0) is 12.1 Å². The molecule has 3 rings (SSSR count). The Kier molecular flexibility index (Phi) is 3.75. The first kappa shape index (κ1) is 13.2. The van der Waals surface area contributed by atoms with Gasteiger partial charge in [-0.3, -0.25) is 4.79 Å². The minimum atomic E-state index is -0.858. The van der Waals surface area contributed by atoms with Crippen molar-refractivity contribution in [2.24, 2.45) is 0 Å². The summed E-state index contributed by atoms with van der Waals surface area (Å²) in [4.78, 5) is 19.6. The van der Waals surface area contributed by atoms with Gasteiger partial charge in [-0.15, -0.1) is 0 Å². The Labute approximate surface area is 119 Å². The first-order valence-corrected chi connectivity index (χ1v) is 7.25. The van der Waals surface area contributed by atoms with Crippen molar-refractivity contribution in [2.45, 2.75) is 5.16 Å². The van der Waals surface area contributed by atoms with Crippen molar-refractivity contribution in [1.82, 2.24) is 14.6 Å². The van der Waals surface area contributed by atoms with Crippen molar-refractivity contribution in [3.05, 3.63) is 18.3 Å². The van der Waals surface area contributed by atoms with E-state index in [1.54, 1.807) is 6.20 Å². The number of rotatable bonds is 4. The van der Waals surface area contributed by atoms with E-state index < -0.39 is 5.97 Å². The van der Waals surface area contributed by atoms with Gasteiger partial charge in [0.15, 0.2) is 10.8 Å². The number of carboxylic acid groups (broad SMARTS) is 1. The topological polar surface area (TPSA) is 80.5 Å². The third kappa shape index (κ3) is 2.56. The molecule has 0 aromatic carbocycles. The van der Waals surface area contributed by atoms with Gasteiger partial charge in [0.1, 0.15) is 5.52 Å². The van der Waals surface area contributed by atoms with Crippen LogP contribution in [0.15, 0.2) is 23.5 Å². The fourth-order valence-corrected chi connectivity index (χ4v) is 2.85. The molecule has 1 aliphatic heterocycles. The second-order valence-electron chi connectivity index (χ2n) is 4.30. The molecule has 1 saturated heterocycles. The maximum absolute atomic E-state index is 10.8. The number of thioether (sulfide) groups is 1. The summed E-state index contributed by atoms with van der Waals surface area (Å²) in [7, 11) is 0. The maximum Gasteiger partial charge on any atom is 0.313 e. The summed E-state index contributed by atoms with van der Waals surface area (Å²) in [6.45, 7) is 2.77. The van der Waals surface area contributed by atoms with Gasteiger partial charge in [0.05, 0.1) is 32.1 Å². The standard InChI is InChI=1S/C12H14N4O3S/c17-10(18)8-20-12-14-9-2-1-3-13-11(9)16(12)15-4-6-19-7-5-15/h1-3H,4-8H2,(H,17,18). The summed E-state index contributed by atoms with van der Waals surface area (Å²) in [5.74, 6) is -0.878. The molecule has 1 aliphatic rings. The zero-order valence-electron chi connectivity index (χ0n) is 10.7. The van der Waals surface area contributed by atoms with Crippen molar-refractivity contribution >= 4 is 28.9 Å². The lowest BCUT2D eigenvalue weighted by Gasteiger charge is -2.30. The van der Waals surface area contributed by atoms with E-state index in [1.807, 2.05) is 16.8 Å². The van der Waals surface area contributed by atoms with Crippen molar-refractivity contribution in [2.75, 3.05) is 37.1 Å². The predicted molar refractivity (Wildman–Crippen MR) is 74.7 cm³/mol. The fourth-order valence-electron chi connectivity index (χ4n) is 2.11. The number of morpholine rings is 1. The largest absolute Gasteiger partial charge is 0.481 e. The molecule has 2 aromatic rings. The Balaban J connectivity index is 2.00. The molecule has 106 valence electrons. The number of hydrogen-bond donors (Lipinski definition) is 1. The minimum absolute atomic E-state index is 0.0202. The Morgan fingerprint density at radius 3 is 3.00 bits per heavy atom. The average Bonchev–Trinajstić information content (AvgIpc) is 2.84. The highest BCUT2D eigenvalue weighted by atomic mass is 32.2. The summed E-state index contributed by atoms with van der Waals surface area (Å²) in [5, 5.41) is 11.6. The Morgan fingerprint density at radius 2 is 2.25 bits per heavy atom. The van der Waals surface area contributed by atoms with Crippen LogP contribution in [0.25, 0.3) is 11.2 Å². The third-order valence-electron chi connectivity index (χ3n) is 2.96. The van der Waals surface area contributed by atoms with E-state index in [0.717, 1.165) is 24.3 Å². The molecule has 0 aliphatic carbocycles. The summed E-state index contributed by atoms with van der Waals surface area (Å²) >= 11 is 1.20.